The first-order valence-corrected chi connectivity index (χ1v) is 7.62. The van der Waals surface area contributed by atoms with E-state index in [-0.39, 0.29) is 0 Å². The summed E-state index contributed by atoms with van der Waals surface area (Å²) in [5, 5.41) is 8.27. The summed E-state index contributed by atoms with van der Waals surface area (Å²) >= 11 is 1.48. The highest BCUT2D eigenvalue weighted by Gasteiger charge is 2.24. The lowest BCUT2D eigenvalue weighted by Crippen LogP contribution is -2.33. The number of sulfonamides is 1. The van der Waals surface area contributed by atoms with Crippen LogP contribution in [0.4, 0.5) is 0 Å². The third kappa shape index (κ3) is 3.49. The zero-order valence-electron chi connectivity index (χ0n) is 9.97. The van der Waals surface area contributed by atoms with Crippen molar-refractivity contribution >= 4 is 21.4 Å². The molecule has 1 aromatic rings. The molecule has 94 valence electrons. The number of hydrogen-bond donors (Lipinski definition) is 1. The van der Waals surface area contributed by atoms with Crippen molar-refractivity contribution in [1.29, 1.82) is 5.26 Å². The van der Waals surface area contributed by atoms with E-state index in [0.29, 0.717) is 0 Å². The maximum atomic E-state index is 11.7. The Labute approximate surface area is 106 Å². The van der Waals surface area contributed by atoms with Crippen molar-refractivity contribution in [2.45, 2.75) is 38.5 Å². The van der Waals surface area contributed by atoms with Crippen LogP contribution in [0.5, 0.6) is 0 Å². The van der Waals surface area contributed by atoms with E-state index in [9.17, 15) is 8.42 Å². The van der Waals surface area contributed by atoms with Gasteiger partial charge >= 0.3 is 0 Å². The van der Waals surface area contributed by atoms with Crippen LogP contribution in [0.3, 0.4) is 0 Å². The highest BCUT2D eigenvalue weighted by Crippen LogP contribution is 2.21. The number of thiazole rings is 1. The molecule has 2 unspecified atom stereocenters. The highest BCUT2D eigenvalue weighted by atomic mass is 32.2. The molecule has 0 amide bonds. The topological polar surface area (TPSA) is 82.8 Å². The summed E-state index contributed by atoms with van der Waals surface area (Å²) in [6, 6.07) is 1.31. The van der Waals surface area contributed by atoms with Crippen LogP contribution in [0.1, 0.15) is 36.7 Å². The zero-order chi connectivity index (χ0) is 13.1. The Bertz CT molecular complexity index is 516. The van der Waals surface area contributed by atoms with Crippen LogP contribution < -0.4 is 4.72 Å². The first kappa shape index (κ1) is 14.1. The number of rotatable bonds is 5. The summed E-state index contributed by atoms with van der Waals surface area (Å²) in [5.41, 5.74) is 0. The predicted molar refractivity (Wildman–Crippen MR) is 67.0 cm³/mol. The minimum atomic E-state index is -3.60. The minimum absolute atomic E-state index is 0.402. The third-order valence-corrected chi connectivity index (χ3v) is 5.32. The molecule has 0 aliphatic heterocycles. The standard InChI is InChI=1S/C10H15N3O2S2/c1-4-9-6-12-10(16-9)8(3)13-17(14,15)7(2)5-11/h6-8,13H,4H2,1-3H3. The van der Waals surface area contributed by atoms with Crippen LogP contribution in [-0.2, 0) is 16.4 Å². The van der Waals surface area contributed by atoms with Gasteiger partial charge in [0.25, 0.3) is 0 Å². The SMILES string of the molecule is CCc1cnc(C(C)NS(=O)(=O)C(C)C#N)s1. The van der Waals surface area contributed by atoms with Crippen LogP contribution in [-0.4, -0.2) is 18.7 Å². The summed E-state index contributed by atoms with van der Waals surface area (Å²) in [6.45, 7) is 5.10. The van der Waals surface area contributed by atoms with Crippen LogP contribution in [0.2, 0.25) is 0 Å². The van der Waals surface area contributed by atoms with Gasteiger partial charge in [-0.05, 0) is 20.3 Å². The molecule has 1 aromatic heterocycles. The molecule has 0 fully saturated rings. The molecule has 0 aromatic carbocycles. The van der Waals surface area contributed by atoms with E-state index in [0.717, 1.165) is 16.3 Å². The number of aryl methyl sites for hydroxylation is 1. The Kier molecular flexibility index (Phi) is 4.62. The van der Waals surface area contributed by atoms with Crippen molar-refractivity contribution in [3.63, 3.8) is 0 Å². The van der Waals surface area contributed by atoms with Crippen LogP contribution in [0.15, 0.2) is 6.20 Å². The van der Waals surface area contributed by atoms with Crippen molar-refractivity contribution in [3.8, 4) is 6.07 Å². The van der Waals surface area contributed by atoms with E-state index in [1.54, 1.807) is 19.2 Å². The molecule has 2 atom stereocenters. The summed E-state index contributed by atoms with van der Waals surface area (Å²) in [4.78, 5) is 5.28. The molecule has 0 radical (unpaired) electrons. The average Bonchev–Trinajstić information content (AvgIpc) is 2.75. The number of aromatic nitrogens is 1. The summed E-state index contributed by atoms with van der Waals surface area (Å²) in [7, 11) is -3.60. The molecule has 17 heavy (non-hydrogen) atoms. The van der Waals surface area contributed by atoms with Crippen molar-refractivity contribution in [2.75, 3.05) is 0 Å². The second-order valence-electron chi connectivity index (χ2n) is 3.67. The van der Waals surface area contributed by atoms with Gasteiger partial charge in [-0.2, -0.15) is 5.26 Å². The summed E-state index contributed by atoms with van der Waals surface area (Å²) in [6.07, 6.45) is 2.63. The van der Waals surface area contributed by atoms with Crippen LogP contribution in [0, 0.1) is 11.3 Å². The molecule has 7 heteroatoms. The van der Waals surface area contributed by atoms with Crippen LogP contribution in [0.25, 0.3) is 0 Å². The van der Waals surface area contributed by atoms with Crippen molar-refractivity contribution in [2.24, 2.45) is 0 Å². The Hall–Kier alpha value is -0.970. The second kappa shape index (κ2) is 5.58. The summed E-state index contributed by atoms with van der Waals surface area (Å²) in [5.74, 6) is 0. The Morgan fingerprint density at radius 3 is 2.71 bits per heavy atom. The summed E-state index contributed by atoms with van der Waals surface area (Å²) < 4.78 is 25.8. The van der Waals surface area contributed by atoms with E-state index in [2.05, 4.69) is 9.71 Å². The number of nitrogens with zero attached hydrogens (tertiary/aromatic N) is 2. The lowest BCUT2D eigenvalue weighted by molar-refractivity contribution is 0.562. The number of nitriles is 1. The van der Waals surface area contributed by atoms with Crippen LogP contribution >= 0.6 is 11.3 Å². The number of hydrogen-bond acceptors (Lipinski definition) is 5. The highest BCUT2D eigenvalue weighted by molar-refractivity contribution is 7.90. The quantitative estimate of drug-likeness (QED) is 0.883. The van der Waals surface area contributed by atoms with E-state index in [1.165, 1.54) is 18.3 Å². The maximum Gasteiger partial charge on any atom is 0.228 e. The van der Waals surface area contributed by atoms with E-state index < -0.39 is 21.3 Å². The van der Waals surface area contributed by atoms with Gasteiger partial charge in [-0.1, -0.05) is 6.92 Å². The third-order valence-electron chi connectivity index (χ3n) is 2.28. The fraction of sp³-hybridized carbons (Fsp3) is 0.600. The van der Waals surface area contributed by atoms with Crippen molar-refractivity contribution in [1.82, 2.24) is 9.71 Å². The molecule has 5 nitrogen and oxygen atoms in total. The normalized spacial score (nSPS) is 15.2. The van der Waals surface area contributed by atoms with Crippen molar-refractivity contribution < 1.29 is 8.42 Å². The van der Waals surface area contributed by atoms with E-state index in [1.807, 2.05) is 6.92 Å². The first-order chi connectivity index (χ1) is 7.90. The second-order valence-corrected chi connectivity index (χ2v) is 6.85. The molecule has 0 bridgehead atoms. The van der Waals surface area contributed by atoms with Gasteiger partial charge in [0, 0.05) is 11.1 Å². The lowest BCUT2D eigenvalue weighted by atomic mass is 10.4. The average molecular weight is 273 g/mol. The Balaban J connectivity index is 2.80. The molecular formula is C10H15N3O2S2. The molecule has 1 rings (SSSR count). The first-order valence-electron chi connectivity index (χ1n) is 5.26. The molecule has 0 saturated heterocycles. The zero-order valence-corrected chi connectivity index (χ0v) is 11.6. The molecule has 1 N–H and O–H groups in total. The van der Waals surface area contributed by atoms with Gasteiger partial charge in [-0.3, -0.25) is 0 Å². The molecule has 0 spiro atoms. The van der Waals surface area contributed by atoms with E-state index in [4.69, 9.17) is 5.26 Å². The molecule has 0 aliphatic carbocycles. The molecular weight excluding hydrogens is 258 g/mol. The molecule has 1 heterocycles. The Morgan fingerprint density at radius 2 is 2.24 bits per heavy atom. The van der Waals surface area contributed by atoms with Gasteiger partial charge < -0.3 is 0 Å². The van der Waals surface area contributed by atoms with Gasteiger partial charge in [0.2, 0.25) is 10.0 Å². The maximum absolute atomic E-state index is 11.7. The van der Waals surface area contributed by atoms with Gasteiger partial charge in [0.05, 0.1) is 12.1 Å². The van der Waals surface area contributed by atoms with Gasteiger partial charge in [0.15, 0.2) is 5.25 Å². The lowest BCUT2D eigenvalue weighted by Gasteiger charge is -2.12. The van der Waals surface area contributed by atoms with Crippen molar-refractivity contribution in [3.05, 3.63) is 16.1 Å². The van der Waals surface area contributed by atoms with Gasteiger partial charge in [-0.15, -0.1) is 11.3 Å². The molecule has 0 saturated carbocycles. The largest absolute Gasteiger partial charge is 0.248 e. The fourth-order valence-corrected chi connectivity index (χ4v) is 3.04. The number of nitrogens with one attached hydrogen (secondary N) is 1. The smallest absolute Gasteiger partial charge is 0.228 e. The minimum Gasteiger partial charge on any atom is -0.248 e. The molecule has 0 aliphatic rings. The van der Waals surface area contributed by atoms with Gasteiger partial charge in [0.1, 0.15) is 5.01 Å². The van der Waals surface area contributed by atoms with E-state index >= 15 is 0 Å². The Morgan fingerprint density at radius 1 is 1.59 bits per heavy atom. The fourth-order valence-electron chi connectivity index (χ4n) is 1.15. The van der Waals surface area contributed by atoms with Gasteiger partial charge in [-0.25, -0.2) is 18.1 Å². The monoisotopic (exact) mass is 273 g/mol. The predicted octanol–water partition coefficient (Wildman–Crippen LogP) is 1.60.